The van der Waals surface area contributed by atoms with Gasteiger partial charge in [0.25, 0.3) is 5.91 Å². The Morgan fingerprint density at radius 2 is 1.74 bits per heavy atom. The van der Waals surface area contributed by atoms with E-state index in [0.717, 1.165) is 7.11 Å². The first-order valence-electron chi connectivity index (χ1n) is 8.20. The molecule has 1 aromatic carbocycles. The molecule has 27 heavy (non-hydrogen) atoms. The van der Waals surface area contributed by atoms with Crippen molar-refractivity contribution in [3.05, 3.63) is 41.0 Å². The third kappa shape index (κ3) is 4.99. The van der Waals surface area contributed by atoms with Gasteiger partial charge in [0, 0.05) is 25.7 Å². The number of nitrogens with one attached hydrogen (secondary N) is 3. The number of carbonyl (C=O) groups is 1. The number of aryl methyl sites for hydroxylation is 1. The minimum Gasteiger partial charge on any atom is -0.491 e. The van der Waals surface area contributed by atoms with Gasteiger partial charge < -0.3 is 20.7 Å². The number of hydrogen-bond acceptors (Lipinski definition) is 6. The van der Waals surface area contributed by atoms with Crippen LogP contribution in [0, 0.1) is 24.4 Å². The lowest BCUT2D eigenvalue weighted by molar-refractivity contribution is 0.0949. The van der Waals surface area contributed by atoms with Gasteiger partial charge in [-0.2, -0.15) is 4.39 Å². The molecule has 1 heterocycles. The van der Waals surface area contributed by atoms with Gasteiger partial charge in [0.2, 0.25) is 5.82 Å². The molecule has 0 radical (unpaired) electrons. The van der Waals surface area contributed by atoms with Gasteiger partial charge in [-0.3, -0.25) is 4.79 Å². The molecule has 146 valence electrons. The molecule has 0 saturated heterocycles. The largest absolute Gasteiger partial charge is 0.491 e. The number of nitrogens with zero attached hydrogens (tertiary/aromatic N) is 2. The van der Waals surface area contributed by atoms with Gasteiger partial charge in [0.15, 0.2) is 17.4 Å². The summed E-state index contributed by atoms with van der Waals surface area (Å²) in [7, 11) is 0.984. The average Bonchev–Trinajstić information content (AvgIpc) is 2.62. The topological polar surface area (TPSA) is 88.2 Å². The van der Waals surface area contributed by atoms with E-state index in [1.54, 1.807) is 13.0 Å². The number of anilines is 2. The van der Waals surface area contributed by atoms with Gasteiger partial charge in [0.05, 0.1) is 12.7 Å². The molecule has 0 aliphatic carbocycles. The van der Waals surface area contributed by atoms with Crippen LogP contribution in [-0.2, 0) is 0 Å². The first kappa shape index (κ1) is 20.3. The standard InChI is InChI=1S/C17H20F3N5O2/c1-4-21-12-8-13(25-9(2)24-12)22-5-6-23-17(26)10-7-11(18)15(20)16(27-3)14(10)19/h7-8H,4-6H2,1-3H3,(H,23,26)(H2,21,22,24,25). The van der Waals surface area contributed by atoms with Crippen LogP contribution >= 0.6 is 0 Å². The number of methoxy groups -OCH3 is 1. The number of benzene rings is 1. The van der Waals surface area contributed by atoms with Crippen molar-refractivity contribution in [3.63, 3.8) is 0 Å². The number of aromatic nitrogens is 2. The van der Waals surface area contributed by atoms with Crippen LogP contribution in [0.1, 0.15) is 23.1 Å². The van der Waals surface area contributed by atoms with Gasteiger partial charge in [0.1, 0.15) is 17.5 Å². The number of halogens is 3. The minimum atomic E-state index is -1.48. The summed E-state index contributed by atoms with van der Waals surface area (Å²) in [5.74, 6) is -4.17. The van der Waals surface area contributed by atoms with Crippen LogP contribution in [0.15, 0.2) is 12.1 Å². The molecular weight excluding hydrogens is 363 g/mol. The molecule has 0 aliphatic heterocycles. The monoisotopic (exact) mass is 383 g/mol. The van der Waals surface area contributed by atoms with Crippen molar-refractivity contribution in [1.29, 1.82) is 0 Å². The highest BCUT2D eigenvalue weighted by Gasteiger charge is 2.23. The smallest absolute Gasteiger partial charge is 0.254 e. The summed E-state index contributed by atoms with van der Waals surface area (Å²) < 4.78 is 45.4. The number of rotatable bonds is 8. The van der Waals surface area contributed by atoms with E-state index in [1.807, 2.05) is 6.92 Å². The summed E-state index contributed by atoms with van der Waals surface area (Å²) in [5, 5.41) is 8.47. The first-order valence-corrected chi connectivity index (χ1v) is 8.20. The van der Waals surface area contributed by atoms with E-state index >= 15 is 0 Å². The quantitative estimate of drug-likeness (QED) is 0.480. The molecule has 0 spiro atoms. The molecule has 0 aliphatic rings. The lowest BCUT2D eigenvalue weighted by atomic mass is 10.1. The molecule has 1 aromatic heterocycles. The van der Waals surface area contributed by atoms with Crippen molar-refractivity contribution < 1.29 is 22.7 Å². The summed E-state index contributed by atoms with van der Waals surface area (Å²) >= 11 is 0. The van der Waals surface area contributed by atoms with Crippen LogP contribution in [0.5, 0.6) is 5.75 Å². The summed E-state index contributed by atoms with van der Waals surface area (Å²) in [6.07, 6.45) is 0. The number of hydrogen-bond donors (Lipinski definition) is 3. The van der Waals surface area contributed by atoms with Crippen molar-refractivity contribution in [2.24, 2.45) is 0 Å². The van der Waals surface area contributed by atoms with Gasteiger partial charge in [-0.25, -0.2) is 18.7 Å². The Labute approximate surface area is 154 Å². The maximum absolute atomic E-state index is 14.1. The van der Waals surface area contributed by atoms with Crippen LogP contribution in [0.25, 0.3) is 0 Å². The van der Waals surface area contributed by atoms with Gasteiger partial charge >= 0.3 is 0 Å². The van der Waals surface area contributed by atoms with E-state index < -0.39 is 34.7 Å². The highest BCUT2D eigenvalue weighted by Crippen LogP contribution is 2.26. The van der Waals surface area contributed by atoms with Crippen LogP contribution in [-0.4, -0.2) is 42.6 Å². The lowest BCUT2D eigenvalue weighted by Gasteiger charge is -2.11. The van der Waals surface area contributed by atoms with Crippen molar-refractivity contribution in [3.8, 4) is 5.75 Å². The zero-order chi connectivity index (χ0) is 20.0. The van der Waals surface area contributed by atoms with E-state index in [0.29, 0.717) is 30.1 Å². The maximum Gasteiger partial charge on any atom is 0.254 e. The second-order valence-electron chi connectivity index (χ2n) is 5.47. The molecule has 7 nitrogen and oxygen atoms in total. The van der Waals surface area contributed by atoms with Crippen LogP contribution in [0.4, 0.5) is 24.8 Å². The Bertz CT molecular complexity index is 833. The third-order valence-electron chi connectivity index (χ3n) is 3.48. The molecule has 1 amide bonds. The summed E-state index contributed by atoms with van der Waals surface area (Å²) in [6, 6.07) is 2.20. The summed E-state index contributed by atoms with van der Waals surface area (Å²) in [6.45, 7) is 4.75. The Morgan fingerprint density at radius 1 is 1.07 bits per heavy atom. The number of amides is 1. The molecular formula is C17H20F3N5O2. The normalized spacial score (nSPS) is 10.4. The Hall–Kier alpha value is -3.04. The minimum absolute atomic E-state index is 0.0964. The maximum atomic E-state index is 14.1. The Kier molecular flexibility index (Phi) is 6.80. The Morgan fingerprint density at radius 3 is 2.37 bits per heavy atom. The SMILES string of the molecule is CCNc1cc(NCCNC(=O)c2cc(F)c(F)c(OC)c2F)nc(C)n1. The zero-order valence-corrected chi connectivity index (χ0v) is 15.1. The van der Waals surface area contributed by atoms with E-state index in [1.165, 1.54) is 0 Å². The first-order chi connectivity index (χ1) is 12.9. The van der Waals surface area contributed by atoms with Gasteiger partial charge in [-0.1, -0.05) is 0 Å². The fraction of sp³-hybridized carbons (Fsp3) is 0.353. The fourth-order valence-electron chi connectivity index (χ4n) is 2.32. The molecule has 0 atom stereocenters. The van der Waals surface area contributed by atoms with Crippen LogP contribution in [0.2, 0.25) is 0 Å². The fourth-order valence-corrected chi connectivity index (χ4v) is 2.32. The molecule has 2 aromatic rings. The van der Waals surface area contributed by atoms with Crippen molar-refractivity contribution in [1.82, 2.24) is 15.3 Å². The van der Waals surface area contributed by atoms with Crippen molar-refractivity contribution in [2.75, 3.05) is 37.4 Å². The second kappa shape index (κ2) is 9.06. The third-order valence-corrected chi connectivity index (χ3v) is 3.48. The lowest BCUT2D eigenvalue weighted by Crippen LogP contribution is -2.30. The molecule has 0 unspecified atom stereocenters. The Balaban J connectivity index is 1.96. The van der Waals surface area contributed by atoms with Gasteiger partial charge in [-0.05, 0) is 19.9 Å². The van der Waals surface area contributed by atoms with Crippen LogP contribution in [0.3, 0.4) is 0 Å². The second-order valence-corrected chi connectivity index (χ2v) is 5.47. The number of carbonyl (C=O) groups excluding carboxylic acids is 1. The highest BCUT2D eigenvalue weighted by molar-refractivity contribution is 5.95. The predicted octanol–water partition coefficient (Wildman–Crippen LogP) is 2.48. The molecule has 0 bridgehead atoms. The zero-order valence-electron chi connectivity index (χ0n) is 15.1. The van der Waals surface area contributed by atoms with Crippen molar-refractivity contribution in [2.45, 2.75) is 13.8 Å². The molecule has 0 fully saturated rings. The summed E-state index contributed by atoms with van der Waals surface area (Å²) in [5.41, 5.74) is -0.641. The molecule has 2 rings (SSSR count). The van der Waals surface area contributed by atoms with Crippen molar-refractivity contribution >= 4 is 17.5 Å². The van der Waals surface area contributed by atoms with E-state index in [4.69, 9.17) is 0 Å². The molecule has 3 N–H and O–H groups in total. The van der Waals surface area contributed by atoms with E-state index in [2.05, 4.69) is 30.7 Å². The van der Waals surface area contributed by atoms with Gasteiger partial charge in [-0.15, -0.1) is 0 Å². The molecule has 0 saturated carbocycles. The van der Waals surface area contributed by atoms with Crippen LogP contribution < -0.4 is 20.7 Å². The molecule has 10 heteroatoms. The average molecular weight is 383 g/mol. The highest BCUT2D eigenvalue weighted by atomic mass is 19.2. The predicted molar refractivity (Wildman–Crippen MR) is 94.6 cm³/mol. The summed E-state index contributed by atoms with van der Waals surface area (Å²) in [4.78, 5) is 20.5. The van der Waals surface area contributed by atoms with E-state index in [9.17, 15) is 18.0 Å². The van der Waals surface area contributed by atoms with E-state index in [-0.39, 0.29) is 13.1 Å². The number of ether oxygens (including phenoxy) is 1.